The van der Waals surface area contributed by atoms with Gasteiger partial charge in [-0.3, -0.25) is 4.68 Å². The molecule has 0 aromatic carbocycles. The van der Waals surface area contributed by atoms with Crippen molar-refractivity contribution in [2.24, 2.45) is 7.05 Å². The van der Waals surface area contributed by atoms with E-state index in [2.05, 4.69) is 30.5 Å². The Morgan fingerprint density at radius 3 is 2.79 bits per heavy atom. The lowest BCUT2D eigenvalue weighted by Gasteiger charge is -2.20. The van der Waals surface area contributed by atoms with E-state index in [0.717, 1.165) is 6.42 Å². The van der Waals surface area contributed by atoms with Crippen molar-refractivity contribution < 1.29 is 0 Å². The van der Waals surface area contributed by atoms with Gasteiger partial charge in [-0.05, 0) is 13.5 Å². The van der Waals surface area contributed by atoms with Gasteiger partial charge in [0.15, 0.2) is 0 Å². The molecule has 0 saturated heterocycles. The average Bonchev–Trinajstić information content (AvgIpc) is 2.53. The van der Waals surface area contributed by atoms with Crippen LogP contribution in [-0.4, -0.2) is 28.1 Å². The number of hydrogen-bond donors (Lipinski definition) is 1. The predicted octanol–water partition coefficient (Wildman–Crippen LogP) is 1.90. The molecule has 1 aromatic heterocycles. The topological polar surface area (TPSA) is 29.9 Å². The van der Waals surface area contributed by atoms with Crippen LogP contribution < -0.4 is 5.32 Å². The van der Waals surface area contributed by atoms with Gasteiger partial charge in [-0.1, -0.05) is 13.8 Å². The zero-order valence-electron chi connectivity index (χ0n) is 9.32. The highest BCUT2D eigenvalue weighted by Crippen LogP contribution is 2.25. The van der Waals surface area contributed by atoms with E-state index in [4.69, 9.17) is 0 Å². The van der Waals surface area contributed by atoms with Crippen molar-refractivity contribution in [2.45, 2.75) is 36.5 Å². The summed E-state index contributed by atoms with van der Waals surface area (Å²) in [5, 5.41) is 8.06. The van der Waals surface area contributed by atoms with E-state index in [1.54, 1.807) is 0 Å². The number of rotatable bonds is 5. The normalized spacial score (nSPS) is 15.4. The minimum atomic E-state index is 0.570. The van der Waals surface area contributed by atoms with Crippen molar-refractivity contribution in [3.63, 3.8) is 0 Å². The molecule has 1 aromatic rings. The standard InChI is InChI=1S/C10H19N3S/c1-5-10(11-3)8(2)14-9-6-12-13(4)7-9/h6-8,10-11H,5H2,1-4H3. The largest absolute Gasteiger partial charge is 0.316 e. The highest BCUT2D eigenvalue weighted by atomic mass is 32.2. The van der Waals surface area contributed by atoms with Crippen LogP contribution in [0, 0.1) is 0 Å². The summed E-state index contributed by atoms with van der Waals surface area (Å²) in [6, 6.07) is 0.570. The van der Waals surface area contributed by atoms with Crippen LogP contribution in [0.2, 0.25) is 0 Å². The Hall–Kier alpha value is -0.480. The van der Waals surface area contributed by atoms with E-state index in [1.165, 1.54) is 4.90 Å². The molecule has 1 N–H and O–H groups in total. The van der Waals surface area contributed by atoms with Crippen LogP contribution >= 0.6 is 11.8 Å². The summed E-state index contributed by atoms with van der Waals surface area (Å²) in [6.45, 7) is 4.46. The molecule has 0 aliphatic carbocycles. The Balaban J connectivity index is 2.51. The molecule has 14 heavy (non-hydrogen) atoms. The highest BCUT2D eigenvalue weighted by molar-refractivity contribution is 8.00. The van der Waals surface area contributed by atoms with Crippen molar-refractivity contribution in [2.75, 3.05) is 7.05 Å². The maximum absolute atomic E-state index is 4.16. The Morgan fingerprint density at radius 2 is 2.36 bits per heavy atom. The van der Waals surface area contributed by atoms with E-state index in [-0.39, 0.29) is 0 Å². The lowest BCUT2D eigenvalue weighted by Crippen LogP contribution is -2.33. The van der Waals surface area contributed by atoms with Gasteiger partial charge in [-0.15, -0.1) is 11.8 Å². The monoisotopic (exact) mass is 213 g/mol. The number of aromatic nitrogens is 2. The van der Waals surface area contributed by atoms with Gasteiger partial charge in [0, 0.05) is 29.4 Å². The SMILES string of the molecule is CCC(NC)C(C)Sc1cnn(C)c1. The molecule has 80 valence electrons. The summed E-state index contributed by atoms with van der Waals surface area (Å²) in [7, 11) is 3.97. The molecule has 3 nitrogen and oxygen atoms in total. The van der Waals surface area contributed by atoms with Crippen LogP contribution in [0.15, 0.2) is 17.3 Å². The Kier molecular flexibility index (Phi) is 4.48. The lowest BCUT2D eigenvalue weighted by atomic mass is 10.2. The predicted molar refractivity (Wildman–Crippen MR) is 61.7 cm³/mol. The van der Waals surface area contributed by atoms with Gasteiger partial charge in [0.1, 0.15) is 0 Å². The fourth-order valence-corrected chi connectivity index (χ4v) is 2.77. The quantitative estimate of drug-likeness (QED) is 0.758. The molecule has 0 aliphatic heterocycles. The summed E-state index contributed by atoms with van der Waals surface area (Å²) in [4.78, 5) is 1.24. The summed E-state index contributed by atoms with van der Waals surface area (Å²) < 4.78 is 1.84. The zero-order chi connectivity index (χ0) is 10.6. The first kappa shape index (κ1) is 11.6. The fourth-order valence-electron chi connectivity index (χ4n) is 1.53. The van der Waals surface area contributed by atoms with Gasteiger partial charge in [0.2, 0.25) is 0 Å². The van der Waals surface area contributed by atoms with E-state index in [0.29, 0.717) is 11.3 Å². The van der Waals surface area contributed by atoms with Gasteiger partial charge in [-0.2, -0.15) is 5.10 Å². The molecule has 2 unspecified atom stereocenters. The van der Waals surface area contributed by atoms with Crippen LogP contribution in [0.5, 0.6) is 0 Å². The molecule has 1 rings (SSSR count). The van der Waals surface area contributed by atoms with Crippen molar-refractivity contribution >= 4 is 11.8 Å². The third kappa shape index (κ3) is 3.03. The third-order valence-corrected chi connectivity index (χ3v) is 3.56. The summed E-state index contributed by atoms with van der Waals surface area (Å²) in [6.07, 6.45) is 5.14. The molecular weight excluding hydrogens is 194 g/mol. The van der Waals surface area contributed by atoms with Gasteiger partial charge >= 0.3 is 0 Å². The molecule has 0 aliphatic rings. The van der Waals surface area contributed by atoms with Gasteiger partial charge < -0.3 is 5.32 Å². The van der Waals surface area contributed by atoms with E-state index in [9.17, 15) is 0 Å². The number of thioether (sulfide) groups is 1. The first-order chi connectivity index (χ1) is 6.67. The maximum Gasteiger partial charge on any atom is 0.0625 e. The number of nitrogens with one attached hydrogen (secondary N) is 1. The first-order valence-electron chi connectivity index (χ1n) is 5.00. The number of nitrogens with zero attached hydrogens (tertiary/aromatic N) is 2. The third-order valence-electron chi connectivity index (χ3n) is 2.38. The number of aryl methyl sites for hydroxylation is 1. The molecule has 0 spiro atoms. The van der Waals surface area contributed by atoms with Crippen molar-refractivity contribution in [3.05, 3.63) is 12.4 Å². The second-order valence-electron chi connectivity index (χ2n) is 3.48. The van der Waals surface area contributed by atoms with Crippen LogP contribution in [0.4, 0.5) is 0 Å². The molecule has 1 heterocycles. The smallest absolute Gasteiger partial charge is 0.0625 e. The summed E-state index contributed by atoms with van der Waals surface area (Å²) >= 11 is 1.88. The zero-order valence-corrected chi connectivity index (χ0v) is 10.1. The van der Waals surface area contributed by atoms with Gasteiger partial charge in [0.25, 0.3) is 0 Å². The van der Waals surface area contributed by atoms with E-state index in [1.807, 2.05) is 36.7 Å². The minimum Gasteiger partial charge on any atom is -0.316 e. The second-order valence-corrected chi connectivity index (χ2v) is 4.93. The molecule has 0 amide bonds. The first-order valence-corrected chi connectivity index (χ1v) is 5.88. The molecule has 0 fully saturated rings. The van der Waals surface area contributed by atoms with Gasteiger partial charge in [-0.25, -0.2) is 0 Å². The van der Waals surface area contributed by atoms with Gasteiger partial charge in [0.05, 0.1) is 6.20 Å². The molecule has 0 bridgehead atoms. The van der Waals surface area contributed by atoms with E-state index >= 15 is 0 Å². The van der Waals surface area contributed by atoms with Crippen LogP contribution in [0.3, 0.4) is 0 Å². The van der Waals surface area contributed by atoms with Crippen molar-refractivity contribution in [1.82, 2.24) is 15.1 Å². The Morgan fingerprint density at radius 1 is 1.64 bits per heavy atom. The number of hydrogen-bond acceptors (Lipinski definition) is 3. The average molecular weight is 213 g/mol. The highest BCUT2D eigenvalue weighted by Gasteiger charge is 2.14. The Labute approximate surface area is 90.3 Å². The summed E-state index contributed by atoms with van der Waals surface area (Å²) in [5.41, 5.74) is 0. The Bertz CT molecular complexity index is 268. The van der Waals surface area contributed by atoms with Crippen LogP contribution in [0.25, 0.3) is 0 Å². The molecule has 4 heteroatoms. The minimum absolute atomic E-state index is 0.570. The van der Waals surface area contributed by atoms with Crippen LogP contribution in [0.1, 0.15) is 20.3 Å². The molecule has 2 atom stereocenters. The maximum atomic E-state index is 4.16. The molecule has 0 radical (unpaired) electrons. The summed E-state index contributed by atoms with van der Waals surface area (Å²) in [5.74, 6) is 0. The molecular formula is C10H19N3S. The van der Waals surface area contributed by atoms with Crippen LogP contribution in [-0.2, 0) is 7.05 Å². The molecule has 0 saturated carbocycles. The second kappa shape index (κ2) is 5.41. The van der Waals surface area contributed by atoms with Crippen molar-refractivity contribution in [3.8, 4) is 0 Å². The van der Waals surface area contributed by atoms with Crippen molar-refractivity contribution in [1.29, 1.82) is 0 Å². The van der Waals surface area contributed by atoms with E-state index < -0.39 is 0 Å². The fraction of sp³-hybridized carbons (Fsp3) is 0.700. The lowest BCUT2D eigenvalue weighted by molar-refractivity contribution is 0.541.